The van der Waals surface area contributed by atoms with Gasteiger partial charge in [0.1, 0.15) is 0 Å². The van der Waals surface area contributed by atoms with Gasteiger partial charge in [0.05, 0.1) is 12.7 Å². The lowest BCUT2D eigenvalue weighted by molar-refractivity contribution is 0.0954. The number of hydrogen-bond donors (Lipinski definition) is 2. The number of hydrogen-bond acceptors (Lipinski definition) is 2. The summed E-state index contributed by atoms with van der Waals surface area (Å²) in [6.45, 7) is -0.227. The Balaban J connectivity index is 2.77. The van der Waals surface area contributed by atoms with Gasteiger partial charge in [-0.15, -0.1) is 0 Å². The van der Waals surface area contributed by atoms with Gasteiger partial charge >= 0.3 is 0 Å². The van der Waals surface area contributed by atoms with Crippen LogP contribution in [0.25, 0.3) is 0 Å². The standard InChI is InChI=1S/C9H10BrClO2/c10-9-4-7(11)2-1-6(9)3-8(13)5-12/h1-2,4,8,12-13H,3,5H2. The van der Waals surface area contributed by atoms with Crippen LogP contribution in [0.3, 0.4) is 0 Å². The Morgan fingerprint density at radius 3 is 2.69 bits per heavy atom. The Morgan fingerprint density at radius 2 is 2.15 bits per heavy atom. The van der Waals surface area contributed by atoms with Gasteiger partial charge < -0.3 is 10.2 Å². The van der Waals surface area contributed by atoms with E-state index in [1.54, 1.807) is 12.1 Å². The van der Waals surface area contributed by atoms with E-state index in [1.165, 1.54) is 0 Å². The van der Waals surface area contributed by atoms with Crippen LogP contribution in [-0.4, -0.2) is 22.9 Å². The van der Waals surface area contributed by atoms with Crippen molar-refractivity contribution < 1.29 is 10.2 Å². The smallest absolute Gasteiger partial charge is 0.0811 e. The number of aliphatic hydroxyl groups excluding tert-OH is 2. The van der Waals surface area contributed by atoms with Crippen LogP contribution in [0.5, 0.6) is 0 Å². The van der Waals surface area contributed by atoms with Gasteiger partial charge in [0.25, 0.3) is 0 Å². The van der Waals surface area contributed by atoms with Gasteiger partial charge in [0, 0.05) is 15.9 Å². The van der Waals surface area contributed by atoms with Gasteiger partial charge in [-0.05, 0) is 17.7 Å². The summed E-state index contributed by atoms with van der Waals surface area (Å²) in [7, 11) is 0. The van der Waals surface area contributed by atoms with Crippen molar-refractivity contribution in [3.05, 3.63) is 33.3 Å². The summed E-state index contributed by atoms with van der Waals surface area (Å²) in [6, 6.07) is 5.35. The van der Waals surface area contributed by atoms with Gasteiger partial charge in [-0.25, -0.2) is 0 Å². The average Bonchev–Trinajstić information content (AvgIpc) is 2.09. The van der Waals surface area contributed by atoms with Crippen molar-refractivity contribution in [3.63, 3.8) is 0 Å². The molecule has 0 fully saturated rings. The normalized spacial score (nSPS) is 12.9. The van der Waals surface area contributed by atoms with E-state index in [1.807, 2.05) is 6.07 Å². The fourth-order valence-corrected chi connectivity index (χ4v) is 1.85. The highest BCUT2D eigenvalue weighted by Crippen LogP contribution is 2.22. The van der Waals surface area contributed by atoms with E-state index in [0.717, 1.165) is 10.0 Å². The molecule has 0 saturated carbocycles. The molecule has 1 atom stereocenters. The predicted octanol–water partition coefficient (Wildman–Crippen LogP) is 2.00. The van der Waals surface area contributed by atoms with Crippen molar-refractivity contribution in [3.8, 4) is 0 Å². The van der Waals surface area contributed by atoms with Gasteiger partial charge in [0.2, 0.25) is 0 Å². The number of aliphatic hydroxyl groups is 2. The van der Waals surface area contributed by atoms with Crippen LogP contribution >= 0.6 is 27.5 Å². The summed E-state index contributed by atoms with van der Waals surface area (Å²) < 4.78 is 0.854. The summed E-state index contributed by atoms with van der Waals surface area (Å²) in [4.78, 5) is 0. The van der Waals surface area contributed by atoms with Gasteiger partial charge in [-0.2, -0.15) is 0 Å². The maximum absolute atomic E-state index is 9.20. The number of halogens is 2. The Bertz CT molecular complexity index is 291. The molecule has 1 aromatic rings. The van der Waals surface area contributed by atoms with E-state index >= 15 is 0 Å². The van der Waals surface area contributed by atoms with Crippen molar-refractivity contribution in [2.45, 2.75) is 12.5 Å². The molecule has 0 bridgehead atoms. The Morgan fingerprint density at radius 1 is 1.46 bits per heavy atom. The summed E-state index contributed by atoms with van der Waals surface area (Å²) in [5, 5.41) is 18.5. The van der Waals surface area contributed by atoms with Crippen LogP contribution in [-0.2, 0) is 6.42 Å². The first-order valence-electron chi connectivity index (χ1n) is 3.86. The molecule has 13 heavy (non-hydrogen) atoms. The lowest BCUT2D eigenvalue weighted by Crippen LogP contribution is -2.15. The van der Waals surface area contributed by atoms with Crippen LogP contribution in [0.4, 0.5) is 0 Å². The second-order valence-electron chi connectivity index (χ2n) is 2.78. The minimum absolute atomic E-state index is 0.227. The SMILES string of the molecule is OCC(O)Cc1ccc(Cl)cc1Br. The lowest BCUT2D eigenvalue weighted by atomic mass is 10.1. The van der Waals surface area contributed by atoms with E-state index < -0.39 is 6.10 Å². The minimum atomic E-state index is -0.711. The first-order valence-corrected chi connectivity index (χ1v) is 5.03. The fourth-order valence-electron chi connectivity index (χ4n) is 1.01. The summed E-state index contributed by atoms with van der Waals surface area (Å²) >= 11 is 9.07. The van der Waals surface area contributed by atoms with Crippen LogP contribution in [0.15, 0.2) is 22.7 Å². The van der Waals surface area contributed by atoms with Crippen LogP contribution in [0, 0.1) is 0 Å². The molecule has 0 aromatic heterocycles. The summed E-state index contributed by atoms with van der Waals surface area (Å²) in [5.41, 5.74) is 0.936. The molecule has 1 aromatic carbocycles. The van der Waals surface area contributed by atoms with Crippen molar-refractivity contribution in [2.75, 3.05) is 6.61 Å². The molecular weight excluding hydrogens is 255 g/mol. The van der Waals surface area contributed by atoms with Gasteiger partial charge in [-0.1, -0.05) is 33.6 Å². The quantitative estimate of drug-likeness (QED) is 0.877. The maximum Gasteiger partial charge on any atom is 0.0811 e. The molecule has 0 aliphatic heterocycles. The highest BCUT2D eigenvalue weighted by atomic mass is 79.9. The van der Waals surface area contributed by atoms with E-state index in [-0.39, 0.29) is 6.61 Å². The molecule has 0 saturated heterocycles. The first-order chi connectivity index (χ1) is 6.13. The van der Waals surface area contributed by atoms with Crippen molar-refractivity contribution in [1.82, 2.24) is 0 Å². The Kier molecular flexibility index (Phi) is 4.19. The molecule has 0 amide bonds. The topological polar surface area (TPSA) is 40.5 Å². The molecule has 2 N–H and O–H groups in total. The van der Waals surface area contributed by atoms with E-state index in [2.05, 4.69) is 15.9 Å². The molecule has 2 nitrogen and oxygen atoms in total. The van der Waals surface area contributed by atoms with Crippen molar-refractivity contribution in [2.24, 2.45) is 0 Å². The third-order valence-corrected chi connectivity index (χ3v) is 2.65. The zero-order valence-electron chi connectivity index (χ0n) is 6.87. The van der Waals surface area contributed by atoms with Crippen LogP contribution < -0.4 is 0 Å². The van der Waals surface area contributed by atoms with Gasteiger partial charge in [0.15, 0.2) is 0 Å². The zero-order chi connectivity index (χ0) is 9.84. The third kappa shape index (κ3) is 3.27. The molecule has 0 aliphatic rings. The van der Waals surface area contributed by atoms with E-state index in [4.69, 9.17) is 16.7 Å². The largest absolute Gasteiger partial charge is 0.394 e. The van der Waals surface area contributed by atoms with E-state index in [9.17, 15) is 5.11 Å². The second kappa shape index (κ2) is 4.96. The lowest BCUT2D eigenvalue weighted by Gasteiger charge is -2.08. The summed E-state index contributed by atoms with van der Waals surface area (Å²) in [6.07, 6.45) is -0.286. The summed E-state index contributed by atoms with van der Waals surface area (Å²) in [5.74, 6) is 0. The van der Waals surface area contributed by atoms with Gasteiger partial charge in [-0.3, -0.25) is 0 Å². The first kappa shape index (κ1) is 11.0. The molecule has 0 radical (unpaired) electrons. The zero-order valence-corrected chi connectivity index (χ0v) is 9.22. The number of rotatable bonds is 3. The van der Waals surface area contributed by atoms with Crippen LogP contribution in [0.2, 0.25) is 5.02 Å². The Labute approximate surface area is 90.3 Å². The molecule has 0 spiro atoms. The highest BCUT2D eigenvalue weighted by molar-refractivity contribution is 9.10. The molecular formula is C9H10BrClO2. The average molecular weight is 266 g/mol. The third-order valence-electron chi connectivity index (χ3n) is 1.68. The van der Waals surface area contributed by atoms with Crippen LogP contribution in [0.1, 0.15) is 5.56 Å². The van der Waals surface area contributed by atoms with E-state index in [0.29, 0.717) is 11.4 Å². The molecule has 0 aliphatic carbocycles. The predicted molar refractivity (Wildman–Crippen MR) is 55.9 cm³/mol. The highest BCUT2D eigenvalue weighted by Gasteiger charge is 2.06. The second-order valence-corrected chi connectivity index (χ2v) is 4.07. The Hall–Kier alpha value is -0.0900. The number of benzene rings is 1. The fraction of sp³-hybridized carbons (Fsp3) is 0.333. The molecule has 4 heteroatoms. The molecule has 0 heterocycles. The molecule has 72 valence electrons. The monoisotopic (exact) mass is 264 g/mol. The molecule has 1 unspecified atom stereocenters. The maximum atomic E-state index is 9.20. The van der Waals surface area contributed by atoms with Crippen molar-refractivity contribution >= 4 is 27.5 Å². The van der Waals surface area contributed by atoms with Crippen molar-refractivity contribution in [1.29, 1.82) is 0 Å². The minimum Gasteiger partial charge on any atom is -0.394 e. The molecule has 1 rings (SSSR count).